The second-order valence-corrected chi connectivity index (χ2v) is 3.25. The van der Waals surface area contributed by atoms with E-state index in [0.717, 1.165) is 23.8 Å². The van der Waals surface area contributed by atoms with Crippen LogP contribution in [-0.4, -0.2) is 17.7 Å². The molecular weight excluding hydrogens is 200 g/mol. The number of aliphatic imine (C=N–C) groups is 1. The summed E-state index contributed by atoms with van der Waals surface area (Å²) in [5, 5.41) is 6.39. The maximum atomic E-state index is 4.32. The predicted octanol–water partition coefficient (Wildman–Crippen LogP) is 1.50. The zero-order valence-corrected chi connectivity index (χ0v) is 9.14. The van der Waals surface area contributed by atoms with Gasteiger partial charge in [-0.15, -0.1) is 0 Å². The van der Waals surface area contributed by atoms with E-state index in [-0.39, 0.29) is 0 Å². The van der Waals surface area contributed by atoms with Crippen molar-refractivity contribution < 1.29 is 0 Å². The van der Waals surface area contributed by atoms with Crippen LogP contribution in [0.1, 0.15) is 12.6 Å². The normalized spacial score (nSPS) is 14.6. The van der Waals surface area contributed by atoms with Crippen LogP contribution in [0, 0.1) is 0 Å². The summed E-state index contributed by atoms with van der Waals surface area (Å²) in [5.41, 5.74) is 1.77. The van der Waals surface area contributed by atoms with E-state index in [9.17, 15) is 0 Å². The molecule has 0 saturated heterocycles. The Balaban J connectivity index is 2.40. The van der Waals surface area contributed by atoms with Gasteiger partial charge in [-0.05, 0) is 25.1 Å². The monoisotopic (exact) mass is 214 g/mol. The molecule has 16 heavy (non-hydrogen) atoms. The molecule has 0 amide bonds. The van der Waals surface area contributed by atoms with Crippen molar-refractivity contribution in [3.8, 4) is 0 Å². The van der Waals surface area contributed by atoms with Crippen LogP contribution in [0.5, 0.6) is 0 Å². The van der Waals surface area contributed by atoms with Crippen LogP contribution >= 0.6 is 0 Å². The number of allylic oxidation sites excluding steroid dienone is 1. The first-order chi connectivity index (χ1) is 7.92. The minimum Gasteiger partial charge on any atom is -0.369 e. The molecule has 1 aliphatic rings. The van der Waals surface area contributed by atoms with E-state index in [2.05, 4.69) is 20.6 Å². The van der Waals surface area contributed by atoms with Crippen molar-refractivity contribution in [3.63, 3.8) is 0 Å². The van der Waals surface area contributed by atoms with Crippen LogP contribution in [0.25, 0.3) is 5.70 Å². The van der Waals surface area contributed by atoms with Gasteiger partial charge in [0.2, 0.25) is 0 Å². The van der Waals surface area contributed by atoms with E-state index in [1.165, 1.54) is 0 Å². The van der Waals surface area contributed by atoms with E-state index in [1.54, 1.807) is 12.4 Å². The number of hydrogen-bond donors (Lipinski definition) is 2. The fourth-order valence-electron chi connectivity index (χ4n) is 1.43. The molecule has 0 atom stereocenters. The molecule has 2 N–H and O–H groups in total. The molecule has 1 aromatic heterocycles. The molecular formula is C12H14N4. The zero-order valence-electron chi connectivity index (χ0n) is 9.14. The Hall–Kier alpha value is -2.10. The number of nitrogens with one attached hydrogen (secondary N) is 2. The molecule has 82 valence electrons. The van der Waals surface area contributed by atoms with E-state index in [4.69, 9.17) is 0 Å². The average molecular weight is 214 g/mol. The maximum Gasteiger partial charge on any atom is 0.151 e. The maximum absolute atomic E-state index is 4.32. The molecule has 0 bridgehead atoms. The van der Waals surface area contributed by atoms with Gasteiger partial charge in [-0.3, -0.25) is 4.98 Å². The fraction of sp³-hybridized carbons (Fsp3) is 0.167. The van der Waals surface area contributed by atoms with Gasteiger partial charge in [-0.2, -0.15) is 0 Å². The lowest BCUT2D eigenvalue weighted by atomic mass is 10.2. The first-order valence-electron chi connectivity index (χ1n) is 5.27. The lowest BCUT2D eigenvalue weighted by Gasteiger charge is -2.11. The third-order valence-electron chi connectivity index (χ3n) is 2.12. The minimum absolute atomic E-state index is 0.811. The predicted molar refractivity (Wildman–Crippen MR) is 65.6 cm³/mol. The first kappa shape index (κ1) is 10.4. The van der Waals surface area contributed by atoms with Crippen molar-refractivity contribution in [1.82, 2.24) is 15.6 Å². The van der Waals surface area contributed by atoms with Crippen LogP contribution in [0.3, 0.4) is 0 Å². The first-order valence-corrected chi connectivity index (χ1v) is 5.27. The Labute approximate surface area is 94.8 Å². The SMILES string of the molecule is CCNC1=C(c2ccccn2)NC=CC=N1. The highest BCUT2D eigenvalue weighted by Gasteiger charge is 2.08. The Morgan fingerprint density at radius 2 is 2.31 bits per heavy atom. The molecule has 1 aromatic rings. The van der Waals surface area contributed by atoms with Crippen LogP contribution in [0.15, 0.2) is 47.5 Å². The van der Waals surface area contributed by atoms with E-state index < -0.39 is 0 Å². The summed E-state index contributed by atoms with van der Waals surface area (Å²) in [7, 11) is 0. The van der Waals surface area contributed by atoms with Gasteiger partial charge in [-0.25, -0.2) is 4.99 Å². The number of nitrogens with zero attached hydrogens (tertiary/aromatic N) is 2. The van der Waals surface area contributed by atoms with Crippen LogP contribution < -0.4 is 10.6 Å². The molecule has 0 spiro atoms. The summed E-state index contributed by atoms with van der Waals surface area (Å²) in [5.74, 6) is 0.811. The Kier molecular flexibility index (Phi) is 3.33. The molecule has 0 unspecified atom stereocenters. The molecule has 4 heteroatoms. The Morgan fingerprint density at radius 1 is 1.38 bits per heavy atom. The van der Waals surface area contributed by atoms with Gasteiger partial charge in [0.05, 0.1) is 5.69 Å². The molecule has 0 saturated carbocycles. The van der Waals surface area contributed by atoms with Gasteiger partial charge in [0.15, 0.2) is 5.82 Å². The highest BCUT2D eigenvalue weighted by Crippen LogP contribution is 2.13. The van der Waals surface area contributed by atoms with Gasteiger partial charge >= 0.3 is 0 Å². The van der Waals surface area contributed by atoms with E-state index in [0.29, 0.717) is 0 Å². The van der Waals surface area contributed by atoms with Crippen molar-refractivity contribution in [2.24, 2.45) is 4.99 Å². The quantitative estimate of drug-likeness (QED) is 0.801. The van der Waals surface area contributed by atoms with Crippen LogP contribution in [0.4, 0.5) is 0 Å². The van der Waals surface area contributed by atoms with Crippen molar-refractivity contribution in [3.05, 3.63) is 48.2 Å². The van der Waals surface area contributed by atoms with Gasteiger partial charge < -0.3 is 10.6 Å². The summed E-state index contributed by atoms with van der Waals surface area (Å²) in [4.78, 5) is 8.63. The van der Waals surface area contributed by atoms with Crippen LogP contribution in [-0.2, 0) is 0 Å². The van der Waals surface area contributed by atoms with E-state index >= 15 is 0 Å². The molecule has 2 heterocycles. The molecule has 1 aliphatic heterocycles. The fourth-order valence-corrected chi connectivity index (χ4v) is 1.43. The van der Waals surface area contributed by atoms with E-state index in [1.807, 2.05) is 37.4 Å². The third kappa shape index (κ3) is 2.28. The van der Waals surface area contributed by atoms with Gasteiger partial charge in [0, 0.05) is 25.2 Å². The van der Waals surface area contributed by atoms with Crippen molar-refractivity contribution in [1.29, 1.82) is 0 Å². The summed E-state index contributed by atoms with van der Waals surface area (Å²) >= 11 is 0. The number of aromatic nitrogens is 1. The molecule has 0 radical (unpaired) electrons. The highest BCUT2D eigenvalue weighted by atomic mass is 15.1. The molecule has 0 fully saturated rings. The number of rotatable bonds is 3. The van der Waals surface area contributed by atoms with Crippen molar-refractivity contribution >= 4 is 11.9 Å². The molecule has 4 nitrogen and oxygen atoms in total. The standard InChI is InChI=1S/C12H14N4/c1-2-13-12-11(15-8-5-9-16-12)10-6-3-4-7-14-10/h3-9,13,15H,2H2,1H3. The zero-order chi connectivity index (χ0) is 11.2. The average Bonchev–Trinajstić information content (AvgIpc) is 2.56. The summed E-state index contributed by atoms with van der Waals surface area (Å²) in [6.07, 6.45) is 7.22. The highest BCUT2D eigenvalue weighted by molar-refractivity contribution is 5.77. The smallest absolute Gasteiger partial charge is 0.151 e. The van der Waals surface area contributed by atoms with Gasteiger partial charge in [-0.1, -0.05) is 6.07 Å². The van der Waals surface area contributed by atoms with Gasteiger partial charge in [0.1, 0.15) is 5.70 Å². The third-order valence-corrected chi connectivity index (χ3v) is 2.12. The lowest BCUT2D eigenvalue weighted by molar-refractivity contribution is 0.836. The summed E-state index contributed by atoms with van der Waals surface area (Å²) in [6.45, 7) is 2.86. The largest absolute Gasteiger partial charge is 0.369 e. The Morgan fingerprint density at radius 3 is 3.06 bits per heavy atom. The van der Waals surface area contributed by atoms with Gasteiger partial charge in [0.25, 0.3) is 0 Å². The minimum atomic E-state index is 0.811. The Bertz CT molecular complexity index is 432. The topological polar surface area (TPSA) is 49.3 Å². The second-order valence-electron chi connectivity index (χ2n) is 3.25. The summed E-state index contributed by atoms with van der Waals surface area (Å²) in [6, 6.07) is 5.81. The molecule has 0 aliphatic carbocycles. The second kappa shape index (κ2) is 5.11. The number of pyridine rings is 1. The summed E-state index contributed by atoms with van der Waals surface area (Å²) < 4.78 is 0. The number of hydrogen-bond acceptors (Lipinski definition) is 4. The lowest BCUT2D eigenvalue weighted by Crippen LogP contribution is -2.17. The molecule has 2 rings (SSSR count). The van der Waals surface area contributed by atoms with Crippen molar-refractivity contribution in [2.75, 3.05) is 6.54 Å². The molecule has 0 aromatic carbocycles. The van der Waals surface area contributed by atoms with Crippen LogP contribution in [0.2, 0.25) is 0 Å². The van der Waals surface area contributed by atoms with Crippen molar-refractivity contribution in [2.45, 2.75) is 6.92 Å².